The lowest BCUT2D eigenvalue weighted by Crippen LogP contribution is -2.39. The van der Waals surface area contributed by atoms with Crippen molar-refractivity contribution in [3.8, 4) is 5.75 Å². The molecule has 0 radical (unpaired) electrons. The van der Waals surface area contributed by atoms with Crippen LogP contribution in [0.15, 0.2) is 18.2 Å². The number of carbonyl (C=O) groups is 1. The van der Waals surface area contributed by atoms with Crippen LogP contribution in [0.3, 0.4) is 0 Å². The summed E-state index contributed by atoms with van der Waals surface area (Å²) in [6, 6.07) is 2.95. The van der Waals surface area contributed by atoms with Crippen LogP contribution >= 0.6 is 0 Å². The average Bonchev–Trinajstić information content (AvgIpc) is 3.28. The number of benzene rings is 1. The smallest absolute Gasteiger partial charge is 0.416 e. The molecule has 1 saturated carbocycles. The minimum atomic E-state index is -4.47. The summed E-state index contributed by atoms with van der Waals surface area (Å²) in [6.07, 6.45) is -1.72. The van der Waals surface area contributed by atoms with E-state index in [2.05, 4.69) is 10.6 Å². The second kappa shape index (κ2) is 7.21. The third-order valence-corrected chi connectivity index (χ3v) is 3.48. The van der Waals surface area contributed by atoms with E-state index < -0.39 is 17.8 Å². The van der Waals surface area contributed by atoms with Gasteiger partial charge in [-0.2, -0.15) is 13.2 Å². The van der Waals surface area contributed by atoms with Crippen LogP contribution in [0, 0.1) is 0 Å². The van der Waals surface area contributed by atoms with Crippen molar-refractivity contribution in [1.29, 1.82) is 0 Å². The summed E-state index contributed by atoms with van der Waals surface area (Å²) in [5, 5.41) is 5.64. The normalized spacial score (nSPS) is 16.0. The summed E-state index contributed by atoms with van der Waals surface area (Å²) >= 11 is 0. The molecular weight excluding hydrogens is 309 g/mol. The number of hydrogen-bond donors (Lipinski definition) is 2. The molecule has 1 amide bonds. The van der Waals surface area contributed by atoms with Crippen molar-refractivity contribution in [3.05, 3.63) is 23.8 Å². The molecule has 0 aliphatic heterocycles. The summed E-state index contributed by atoms with van der Waals surface area (Å²) < 4.78 is 44.0. The standard InChI is InChI=1S/C16H21F3N2O2/c1-3-8-23-14-7-4-11(16(17,18)19)9-13(14)21-15(22)10(2)20-12-5-6-12/h4,7,9-10,12,20H,3,5-6,8H2,1-2H3,(H,21,22). The van der Waals surface area contributed by atoms with Gasteiger partial charge < -0.3 is 15.4 Å². The fourth-order valence-electron chi connectivity index (χ4n) is 2.06. The molecule has 1 aliphatic rings. The van der Waals surface area contributed by atoms with Crippen LogP contribution < -0.4 is 15.4 Å². The second-order valence-electron chi connectivity index (χ2n) is 5.71. The van der Waals surface area contributed by atoms with Gasteiger partial charge >= 0.3 is 6.18 Å². The molecule has 2 rings (SSSR count). The molecule has 0 aromatic heterocycles. The minimum absolute atomic E-state index is 0.0442. The van der Waals surface area contributed by atoms with Crippen LogP contribution in [-0.4, -0.2) is 24.6 Å². The molecule has 1 fully saturated rings. The highest BCUT2D eigenvalue weighted by atomic mass is 19.4. The van der Waals surface area contributed by atoms with Crippen LogP contribution in [0.5, 0.6) is 5.75 Å². The van der Waals surface area contributed by atoms with Gasteiger partial charge in [-0.15, -0.1) is 0 Å². The van der Waals surface area contributed by atoms with Crippen molar-refractivity contribution in [1.82, 2.24) is 5.32 Å². The zero-order chi connectivity index (χ0) is 17.0. The molecule has 1 aliphatic carbocycles. The number of carbonyl (C=O) groups excluding carboxylic acids is 1. The van der Waals surface area contributed by atoms with E-state index in [4.69, 9.17) is 4.74 Å². The topological polar surface area (TPSA) is 50.4 Å². The molecule has 128 valence electrons. The summed E-state index contributed by atoms with van der Waals surface area (Å²) in [4.78, 5) is 12.2. The summed E-state index contributed by atoms with van der Waals surface area (Å²) in [5.41, 5.74) is -0.776. The van der Waals surface area contributed by atoms with Crippen LogP contribution in [-0.2, 0) is 11.0 Å². The SMILES string of the molecule is CCCOc1ccc(C(F)(F)F)cc1NC(=O)C(C)NC1CC1. The Morgan fingerprint density at radius 1 is 1.39 bits per heavy atom. The summed E-state index contributed by atoms with van der Waals surface area (Å²) in [5.74, 6) is -0.135. The number of rotatable bonds is 7. The van der Waals surface area contributed by atoms with Gasteiger partial charge in [0.25, 0.3) is 0 Å². The fourth-order valence-corrected chi connectivity index (χ4v) is 2.06. The molecule has 0 saturated heterocycles. The lowest BCUT2D eigenvalue weighted by Gasteiger charge is -2.18. The van der Waals surface area contributed by atoms with Gasteiger partial charge in [0.05, 0.1) is 23.9 Å². The molecule has 1 aromatic rings. The van der Waals surface area contributed by atoms with Crippen molar-refractivity contribution in [2.24, 2.45) is 0 Å². The highest BCUT2D eigenvalue weighted by molar-refractivity contribution is 5.96. The predicted octanol–water partition coefficient (Wildman–Crippen LogP) is 3.57. The van der Waals surface area contributed by atoms with E-state index in [1.807, 2.05) is 6.92 Å². The van der Waals surface area contributed by atoms with Crippen molar-refractivity contribution >= 4 is 11.6 Å². The number of halogens is 3. The van der Waals surface area contributed by atoms with Crippen LogP contribution in [0.4, 0.5) is 18.9 Å². The minimum Gasteiger partial charge on any atom is -0.491 e. The first kappa shape index (κ1) is 17.6. The van der Waals surface area contributed by atoms with Gasteiger partial charge in [-0.3, -0.25) is 4.79 Å². The van der Waals surface area contributed by atoms with E-state index >= 15 is 0 Å². The van der Waals surface area contributed by atoms with Gasteiger partial charge in [0.1, 0.15) is 5.75 Å². The molecular formula is C16H21F3N2O2. The number of anilines is 1. The lowest BCUT2D eigenvalue weighted by molar-refractivity contribution is -0.137. The first-order chi connectivity index (χ1) is 10.8. The van der Waals surface area contributed by atoms with Gasteiger partial charge in [-0.25, -0.2) is 0 Å². The van der Waals surface area contributed by atoms with Crippen molar-refractivity contribution in [3.63, 3.8) is 0 Å². The monoisotopic (exact) mass is 330 g/mol. The first-order valence-electron chi connectivity index (χ1n) is 7.72. The van der Waals surface area contributed by atoms with Gasteiger partial charge in [0.15, 0.2) is 0 Å². The molecule has 1 aromatic carbocycles. The van der Waals surface area contributed by atoms with E-state index in [0.717, 1.165) is 25.0 Å². The van der Waals surface area contributed by atoms with Crippen LogP contribution in [0.2, 0.25) is 0 Å². The zero-order valence-electron chi connectivity index (χ0n) is 13.2. The Morgan fingerprint density at radius 3 is 2.65 bits per heavy atom. The molecule has 0 heterocycles. The van der Waals surface area contributed by atoms with Crippen LogP contribution in [0.25, 0.3) is 0 Å². The number of amides is 1. The van der Waals surface area contributed by atoms with Crippen molar-refractivity contribution in [2.75, 3.05) is 11.9 Å². The van der Waals surface area contributed by atoms with E-state index in [-0.39, 0.29) is 17.3 Å². The third kappa shape index (κ3) is 5.13. The molecule has 1 atom stereocenters. The van der Waals surface area contributed by atoms with Gasteiger partial charge in [-0.05, 0) is 44.4 Å². The highest BCUT2D eigenvalue weighted by Crippen LogP contribution is 2.35. The Bertz CT molecular complexity index is 557. The molecule has 2 N–H and O–H groups in total. The van der Waals surface area contributed by atoms with Gasteiger partial charge in [0, 0.05) is 6.04 Å². The van der Waals surface area contributed by atoms with Gasteiger partial charge in [0.2, 0.25) is 5.91 Å². The zero-order valence-corrected chi connectivity index (χ0v) is 13.2. The maximum absolute atomic E-state index is 12.9. The van der Waals surface area contributed by atoms with Crippen molar-refractivity contribution < 1.29 is 22.7 Å². The Hall–Kier alpha value is -1.76. The fraction of sp³-hybridized carbons (Fsp3) is 0.562. The molecule has 0 bridgehead atoms. The Morgan fingerprint density at radius 2 is 2.09 bits per heavy atom. The van der Waals surface area contributed by atoms with Crippen molar-refractivity contribution in [2.45, 2.75) is 51.4 Å². The molecule has 4 nitrogen and oxygen atoms in total. The maximum Gasteiger partial charge on any atom is 0.416 e. The predicted molar refractivity (Wildman–Crippen MR) is 81.5 cm³/mol. The van der Waals surface area contributed by atoms with E-state index in [1.165, 1.54) is 6.07 Å². The molecule has 1 unspecified atom stereocenters. The molecule has 7 heteroatoms. The number of alkyl halides is 3. The Balaban J connectivity index is 2.15. The quantitative estimate of drug-likeness (QED) is 0.803. The Labute approximate surface area is 133 Å². The average molecular weight is 330 g/mol. The maximum atomic E-state index is 12.9. The summed E-state index contributed by atoms with van der Waals surface area (Å²) in [7, 11) is 0. The van der Waals surface area contributed by atoms with E-state index in [1.54, 1.807) is 6.92 Å². The first-order valence-corrected chi connectivity index (χ1v) is 7.72. The lowest BCUT2D eigenvalue weighted by atomic mass is 10.1. The second-order valence-corrected chi connectivity index (χ2v) is 5.71. The highest BCUT2D eigenvalue weighted by Gasteiger charge is 2.32. The number of nitrogens with one attached hydrogen (secondary N) is 2. The summed E-state index contributed by atoms with van der Waals surface area (Å²) in [6.45, 7) is 3.95. The van der Waals surface area contributed by atoms with Gasteiger partial charge in [-0.1, -0.05) is 6.92 Å². The molecule has 0 spiro atoms. The van der Waals surface area contributed by atoms with Crippen LogP contribution in [0.1, 0.15) is 38.7 Å². The third-order valence-electron chi connectivity index (χ3n) is 3.48. The largest absolute Gasteiger partial charge is 0.491 e. The Kier molecular flexibility index (Phi) is 5.51. The van der Waals surface area contributed by atoms with E-state index in [9.17, 15) is 18.0 Å². The number of hydrogen-bond acceptors (Lipinski definition) is 3. The number of ether oxygens (including phenoxy) is 1. The molecule has 23 heavy (non-hydrogen) atoms. The van der Waals surface area contributed by atoms with E-state index in [0.29, 0.717) is 19.1 Å².